The first-order valence-corrected chi connectivity index (χ1v) is 5.34. The Kier molecular flexibility index (Phi) is 4.64. The molecule has 2 N–H and O–H groups in total. The van der Waals surface area contributed by atoms with Crippen LogP contribution in [0.15, 0.2) is 18.2 Å². The molecule has 0 bridgehead atoms. The topological polar surface area (TPSA) is 58.6 Å². The summed E-state index contributed by atoms with van der Waals surface area (Å²) < 4.78 is 4.93. The van der Waals surface area contributed by atoms with Crippen molar-refractivity contribution in [1.82, 2.24) is 5.32 Å². The molecule has 0 atom stereocenters. The van der Waals surface area contributed by atoms with Crippen LogP contribution < -0.4 is 10.1 Å². The number of amides is 1. The maximum Gasteiger partial charge on any atom is 0.255 e. The van der Waals surface area contributed by atoms with Crippen LogP contribution in [-0.2, 0) is 0 Å². The number of phenols is 1. The van der Waals surface area contributed by atoms with Crippen molar-refractivity contribution >= 4 is 5.91 Å². The normalized spacial score (nSPS) is 9.88. The zero-order valence-electron chi connectivity index (χ0n) is 9.62. The Hall–Kier alpha value is -1.71. The van der Waals surface area contributed by atoms with Crippen molar-refractivity contribution in [2.45, 2.75) is 19.8 Å². The standard InChI is InChI=1S/C12H17NO3/c1-3-4-8-13-12(15)9-6-5-7-10(16-2)11(9)14/h5-7,14H,3-4,8H2,1-2H3,(H,13,15). The van der Waals surface area contributed by atoms with Gasteiger partial charge in [-0.3, -0.25) is 4.79 Å². The maximum absolute atomic E-state index is 11.7. The number of carbonyl (C=O) groups is 1. The zero-order chi connectivity index (χ0) is 12.0. The average molecular weight is 223 g/mol. The fourth-order valence-corrected chi connectivity index (χ4v) is 1.34. The van der Waals surface area contributed by atoms with E-state index in [4.69, 9.17) is 4.74 Å². The smallest absolute Gasteiger partial charge is 0.255 e. The number of benzene rings is 1. The highest BCUT2D eigenvalue weighted by atomic mass is 16.5. The van der Waals surface area contributed by atoms with Crippen molar-refractivity contribution in [2.75, 3.05) is 13.7 Å². The third kappa shape index (κ3) is 2.89. The molecule has 0 fully saturated rings. The Bertz CT molecular complexity index is 363. The first-order valence-electron chi connectivity index (χ1n) is 5.34. The average Bonchev–Trinajstić information content (AvgIpc) is 2.29. The summed E-state index contributed by atoms with van der Waals surface area (Å²) in [6.45, 7) is 2.67. The van der Waals surface area contributed by atoms with Crippen molar-refractivity contribution in [3.63, 3.8) is 0 Å². The highest BCUT2D eigenvalue weighted by molar-refractivity contribution is 5.97. The van der Waals surface area contributed by atoms with Crippen LogP contribution in [0.1, 0.15) is 30.1 Å². The monoisotopic (exact) mass is 223 g/mol. The number of unbranched alkanes of at least 4 members (excludes halogenated alkanes) is 1. The molecular formula is C12H17NO3. The molecule has 1 rings (SSSR count). The van der Waals surface area contributed by atoms with Crippen LogP contribution in [0, 0.1) is 0 Å². The number of carbonyl (C=O) groups excluding carboxylic acids is 1. The largest absolute Gasteiger partial charge is 0.504 e. The summed E-state index contributed by atoms with van der Waals surface area (Å²) >= 11 is 0. The Balaban J connectivity index is 2.75. The van der Waals surface area contributed by atoms with Crippen LogP contribution >= 0.6 is 0 Å². The maximum atomic E-state index is 11.7. The number of hydrogen-bond donors (Lipinski definition) is 2. The van der Waals surface area contributed by atoms with Gasteiger partial charge in [0.25, 0.3) is 5.91 Å². The Labute approximate surface area is 95.2 Å². The number of methoxy groups -OCH3 is 1. The lowest BCUT2D eigenvalue weighted by Gasteiger charge is -2.08. The van der Waals surface area contributed by atoms with Gasteiger partial charge in [-0.2, -0.15) is 0 Å². The molecule has 0 unspecified atom stereocenters. The lowest BCUT2D eigenvalue weighted by atomic mass is 10.1. The summed E-state index contributed by atoms with van der Waals surface area (Å²) in [5, 5.41) is 12.5. The van der Waals surface area contributed by atoms with Crippen molar-refractivity contribution in [2.24, 2.45) is 0 Å². The lowest BCUT2D eigenvalue weighted by Crippen LogP contribution is -2.24. The van der Waals surface area contributed by atoms with Crippen LogP contribution in [0.4, 0.5) is 0 Å². The minimum absolute atomic E-state index is 0.112. The molecule has 0 radical (unpaired) electrons. The molecule has 0 heterocycles. The molecule has 0 saturated carbocycles. The van der Waals surface area contributed by atoms with E-state index < -0.39 is 0 Å². The lowest BCUT2D eigenvalue weighted by molar-refractivity contribution is 0.0950. The molecule has 1 aromatic rings. The van der Waals surface area contributed by atoms with Crippen LogP contribution in [-0.4, -0.2) is 24.7 Å². The Morgan fingerprint density at radius 3 is 2.88 bits per heavy atom. The van der Waals surface area contributed by atoms with Gasteiger partial charge in [0.15, 0.2) is 11.5 Å². The molecule has 0 saturated heterocycles. The summed E-state index contributed by atoms with van der Waals surface area (Å²) in [5.41, 5.74) is 0.246. The second kappa shape index (κ2) is 6.00. The van der Waals surface area contributed by atoms with Gasteiger partial charge in [-0.05, 0) is 18.6 Å². The fraction of sp³-hybridized carbons (Fsp3) is 0.417. The number of aromatic hydroxyl groups is 1. The molecule has 4 nitrogen and oxygen atoms in total. The second-order valence-electron chi connectivity index (χ2n) is 3.47. The molecular weight excluding hydrogens is 206 g/mol. The van der Waals surface area contributed by atoms with Gasteiger partial charge in [0.2, 0.25) is 0 Å². The van der Waals surface area contributed by atoms with Crippen molar-refractivity contribution < 1.29 is 14.6 Å². The Morgan fingerprint density at radius 2 is 2.25 bits per heavy atom. The number of ether oxygens (including phenoxy) is 1. The SMILES string of the molecule is CCCCNC(=O)c1cccc(OC)c1O. The highest BCUT2D eigenvalue weighted by Crippen LogP contribution is 2.28. The van der Waals surface area contributed by atoms with Crippen LogP contribution in [0.5, 0.6) is 11.5 Å². The van der Waals surface area contributed by atoms with E-state index in [0.717, 1.165) is 12.8 Å². The third-order valence-corrected chi connectivity index (χ3v) is 2.28. The van der Waals surface area contributed by atoms with Crippen molar-refractivity contribution in [3.05, 3.63) is 23.8 Å². The van der Waals surface area contributed by atoms with E-state index in [1.54, 1.807) is 18.2 Å². The van der Waals surface area contributed by atoms with E-state index in [0.29, 0.717) is 12.3 Å². The van der Waals surface area contributed by atoms with Gasteiger partial charge < -0.3 is 15.2 Å². The minimum Gasteiger partial charge on any atom is -0.504 e. The zero-order valence-corrected chi connectivity index (χ0v) is 9.62. The number of rotatable bonds is 5. The molecule has 4 heteroatoms. The van der Waals surface area contributed by atoms with Gasteiger partial charge in [0, 0.05) is 6.54 Å². The van der Waals surface area contributed by atoms with Gasteiger partial charge in [0.05, 0.1) is 12.7 Å². The molecule has 16 heavy (non-hydrogen) atoms. The van der Waals surface area contributed by atoms with E-state index in [1.807, 2.05) is 0 Å². The summed E-state index contributed by atoms with van der Waals surface area (Å²) in [4.78, 5) is 11.7. The van der Waals surface area contributed by atoms with E-state index >= 15 is 0 Å². The summed E-state index contributed by atoms with van der Waals surface area (Å²) in [6.07, 6.45) is 1.95. The van der Waals surface area contributed by atoms with E-state index in [1.165, 1.54) is 7.11 Å². The molecule has 88 valence electrons. The van der Waals surface area contributed by atoms with Crippen LogP contribution in [0.3, 0.4) is 0 Å². The predicted molar refractivity (Wildman–Crippen MR) is 61.9 cm³/mol. The fourth-order valence-electron chi connectivity index (χ4n) is 1.34. The predicted octanol–water partition coefficient (Wildman–Crippen LogP) is 1.93. The van der Waals surface area contributed by atoms with Gasteiger partial charge in [-0.15, -0.1) is 0 Å². The van der Waals surface area contributed by atoms with Crippen molar-refractivity contribution in [1.29, 1.82) is 0 Å². The number of phenolic OH excluding ortho intramolecular Hbond substituents is 1. The van der Waals surface area contributed by atoms with E-state index in [9.17, 15) is 9.90 Å². The van der Waals surface area contributed by atoms with Gasteiger partial charge >= 0.3 is 0 Å². The van der Waals surface area contributed by atoms with Crippen LogP contribution in [0.25, 0.3) is 0 Å². The van der Waals surface area contributed by atoms with Gasteiger partial charge in [-0.1, -0.05) is 19.4 Å². The second-order valence-corrected chi connectivity index (χ2v) is 3.47. The molecule has 0 aliphatic rings. The molecule has 0 aliphatic carbocycles. The molecule has 1 aromatic carbocycles. The Morgan fingerprint density at radius 1 is 1.50 bits per heavy atom. The molecule has 0 aliphatic heterocycles. The van der Waals surface area contributed by atoms with Crippen LogP contribution in [0.2, 0.25) is 0 Å². The minimum atomic E-state index is -0.273. The van der Waals surface area contributed by atoms with Crippen molar-refractivity contribution in [3.8, 4) is 11.5 Å². The summed E-state index contributed by atoms with van der Waals surface area (Å²) in [7, 11) is 1.45. The quantitative estimate of drug-likeness (QED) is 0.750. The van der Waals surface area contributed by atoms with E-state index in [-0.39, 0.29) is 17.2 Å². The number of hydrogen-bond acceptors (Lipinski definition) is 3. The van der Waals surface area contributed by atoms with Gasteiger partial charge in [-0.25, -0.2) is 0 Å². The molecule has 1 amide bonds. The molecule has 0 spiro atoms. The van der Waals surface area contributed by atoms with Gasteiger partial charge in [0.1, 0.15) is 0 Å². The summed E-state index contributed by atoms with van der Waals surface area (Å²) in [5.74, 6) is -0.0769. The molecule has 0 aromatic heterocycles. The first kappa shape index (κ1) is 12.4. The summed E-state index contributed by atoms with van der Waals surface area (Å²) in [6, 6.07) is 4.85. The number of nitrogens with one attached hydrogen (secondary N) is 1. The first-order chi connectivity index (χ1) is 7.70. The highest BCUT2D eigenvalue weighted by Gasteiger charge is 2.13. The third-order valence-electron chi connectivity index (χ3n) is 2.28. The number of para-hydroxylation sites is 1. The van der Waals surface area contributed by atoms with E-state index in [2.05, 4.69) is 12.2 Å².